The lowest BCUT2D eigenvalue weighted by Gasteiger charge is -2.11. The number of anilines is 2. The van der Waals surface area contributed by atoms with Crippen molar-refractivity contribution in [2.24, 2.45) is 10.9 Å². The lowest BCUT2D eigenvalue weighted by molar-refractivity contribution is 0.100. The Morgan fingerprint density at radius 1 is 1.21 bits per heavy atom. The molecule has 2 aromatic heterocycles. The molecule has 0 bridgehead atoms. The molecule has 1 unspecified atom stereocenters. The molecular formula is C20H19N5O2S2. The summed E-state index contributed by atoms with van der Waals surface area (Å²) in [5.74, 6) is 3.61. The molecule has 0 saturated heterocycles. The average Bonchev–Trinajstić information content (AvgIpc) is 3.30. The van der Waals surface area contributed by atoms with E-state index in [0.29, 0.717) is 28.5 Å². The standard InChI is InChI=1S/C20H19N5O2S2/c1-29(22,27)16-7-5-14(6-8-16)23-20-24-17-11-13(19(21)26)4-9-18(17)25(20)12-15-3-2-10-28-15/h2-11H,1,12H2,(H2,21,26)(H2,22,27)(H,23,24). The first-order valence-electron chi connectivity index (χ1n) is 8.66. The summed E-state index contributed by atoms with van der Waals surface area (Å²) < 4.78 is 13.9. The summed E-state index contributed by atoms with van der Waals surface area (Å²) >= 11 is 1.65. The highest BCUT2D eigenvalue weighted by molar-refractivity contribution is 7.98. The predicted octanol–water partition coefficient (Wildman–Crippen LogP) is 2.94. The third kappa shape index (κ3) is 4.02. The van der Waals surface area contributed by atoms with Gasteiger partial charge in [-0.25, -0.2) is 9.19 Å². The van der Waals surface area contributed by atoms with Gasteiger partial charge in [-0.15, -0.1) is 11.3 Å². The molecule has 0 fully saturated rings. The Hall–Kier alpha value is -3.14. The molecule has 9 heteroatoms. The van der Waals surface area contributed by atoms with Crippen LogP contribution in [0.3, 0.4) is 0 Å². The Labute approximate surface area is 172 Å². The van der Waals surface area contributed by atoms with E-state index < -0.39 is 15.6 Å². The molecule has 0 aliphatic carbocycles. The summed E-state index contributed by atoms with van der Waals surface area (Å²) in [6, 6.07) is 16.2. The molecular weight excluding hydrogens is 406 g/mol. The van der Waals surface area contributed by atoms with Crippen LogP contribution in [-0.2, 0) is 16.3 Å². The van der Waals surface area contributed by atoms with Crippen LogP contribution in [0.1, 0.15) is 15.2 Å². The van der Waals surface area contributed by atoms with E-state index >= 15 is 0 Å². The van der Waals surface area contributed by atoms with E-state index in [2.05, 4.69) is 22.2 Å². The summed E-state index contributed by atoms with van der Waals surface area (Å²) in [7, 11) is -2.76. The molecule has 1 amide bonds. The van der Waals surface area contributed by atoms with Gasteiger partial charge in [-0.05, 0) is 59.8 Å². The maximum Gasteiger partial charge on any atom is 0.248 e. The number of benzene rings is 2. The number of rotatable bonds is 6. The Kier molecular flexibility index (Phi) is 4.87. The molecule has 0 aliphatic heterocycles. The van der Waals surface area contributed by atoms with Crippen LogP contribution in [0.4, 0.5) is 11.6 Å². The van der Waals surface area contributed by atoms with Crippen molar-refractivity contribution < 1.29 is 9.00 Å². The minimum Gasteiger partial charge on any atom is -0.366 e. The van der Waals surface area contributed by atoms with Crippen LogP contribution in [-0.4, -0.2) is 25.5 Å². The van der Waals surface area contributed by atoms with Crippen LogP contribution in [0, 0.1) is 0 Å². The first-order valence-corrected chi connectivity index (χ1v) is 11.3. The minimum atomic E-state index is -2.76. The Balaban J connectivity index is 1.76. The Bertz CT molecular complexity index is 1290. The highest BCUT2D eigenvalue weighted by Gasteiger charge is 2.14. The number of hydrogen-bond acceptors (Lipinski definition) is 5. The smallest absolute Gasteiger partial charge is 0.248 e. The highest BCUT2D eigenvalue weighted by Crippen LogP contribution is 2.26. The zero-order valence-corrected chi connectivity index (χ0v) is 17.0. The van der Waals surface area contributed by atoms with E-state index in [1.807, 2.05) is 22.1 Å². The monoisotopic (exact) mass is 425 g/mol. The number of hydrogen-bond donors (Lipinski definition) is 3. The van der Waals surface area contributed by atoms with Crippen molar-refractivity contribution in [1.29, 1.82) is 0 Å². The number of aromatic nitrogens is 2. The Morgan fingerprint density at radius 2 is 1.97 bits per heavy atom. The number of amides is 1. The van der Waals surface area contributed by atoms with Gasteiger partial charge in [0.05, 0.1) is 27.3 Å². The van der Waals surface area contributed by atoms with Crippen LogP contribution >= 0.6 is 11.3 Å². The molecule has 0 aliphatic rings. The van der Waals surface area contributed by atoms with Gasteiger partial charge in [0, 0.05) is 21.0 Å². The van der Waals surface area contributed by atoms with E-state index in [1.54, 1.807) is 47.7 Å². The molecule has 29 heavy (non-hydrogen) atoms. The van der Waals surface area contributed by atoms with Gasteiger partial charge >= 0.3 is 0 Å². The van der Waals surface area contributed by atoms with E-state index in [1.165, 1.54) is 4.88 Å². The van der Waals surface area contributed by atoms with Crippen LogP contribution in [0.5, 0.6) is 0 Å². The minimum absolute atomic E-state index is 0.405. The van der Waals surface area contributed by atoms with E-state index in [9.17, 15) is 9.00 Å². The topological polar surface area (TPSA) is 116 Å². The summed E-state index contributed by atoms with van der Waals surface area (Å²) in [5.41, 5.74) is 8.12. The zero-order chi connectivity index (χ0) is 20.6. The Morgan fingerprint density at radius 3 is 2.59 bits per heavy atom. The van der Waals surface area contributed by atoms with E-state index in [4.69, 9.17) is 10.9 Å². The van der Waals surface area contributed by atoms with Crippen LogP contribution < -0.4 is 16.2 Å². The molecule has 148 valence electrons. The van der Waals surface area contributed by atoms with Gasteiger partial charge in [-0.3, -0.25) is 9.93 Å². The number of carbonyl (C=O) groups is 1. The number of imidazole rings is 1. The average molecular weight is 426 g/mol. The molecule has 7 nitrogen and oxygen atoms in total. The SMILES string of the molecule is C=S(N)(=O)c1ccc(Nc2nc3cc(C(N)=O)ccc3n2Cc2cccs2)cc1. The third-order valence-electron chi connectivity index (χ3n) is 4.44. The van der Waals surface area contributed by atoms with Crippen LogP contribution in [0.2, 0.25) is 0 Å². The summed E-state index contributed by atoms with van der Waals surface area (Å²) in [5, 5.41) is 10.9. The van der Waals surface area contributed by atoms with Gasteiger partial charge in [0.1, 0.15) is 0 Å². The van der Waals surface area contributed by atoms with Gasteiger partial charge in [0.25, 0.3) is 0 Å². The van der Waals surface area contributed by atoms with Gasteiger partial charge in [-0.1, -0.05) is 6.07 Å². The van der Waals surface area contributed by atoms with Crippen LogP contribution in [0.15, 0.2) is 64.9 Å². The van der Waals surface area contributed by atoms with Crippen molar-refractivity contribution in [3.63, 3.8) is 0 Å². The molecule has 1 atom stereocenters. The normalized spacial score (nSPS) is 13.3. The van der Waals surface area contributed by atoms with Crippen molar-refractivity contribution in [3.05, 3.63) is 70.4 Å². The van der Waals surface area contributed by atoms with Gasteiger partial charge in [0.2, 0.25) is 11.9 Å². The third-order valence-corrected chi connectivity index (χ3v) is 6.37. The molecule has 2 aromatic carbocycles. The van der Waals surface area contributed by atoms with Gasteiger partial charge in [-0.2, -0.15) is 0 Å². The molecule has 0 radical (unpaired) electrons. The van der Waals surface area contributed by atoms with Crippen molar-refractivity contribution >= 4 is 55.5 Å². The summed E-state index contributed by atoms with van der Waals surface area (Å²) in [4.78, 5) is 17.8. The largest absolute Gasteiger partial charge is 0.366 e. The molecule has 5 N–H and O–H groups in total. The number of carbonyl (C=O) groups excluding carboxylic acids is 1. The second-order valence-electron chi connectivity index (χ2n) is 6.54. The molecule has 2 heterocycles. The van der Waals surface area contributed by atoms with Crippen LogP contribution in [0.25, 0.3) is 11.0 Å². The van der Waals surface area contributed by atoms with E-state index in [0.717, 1.165) is 11.2 Å². The fourth-order valence-corrected chi connectivity index (χ4v) is 4.28. The number of fused-ring (bicyclic) bond motifs is 1. The highest BCUT2D eigenvalue weighted by atomic mass is 32.2. The molecule has 0 spiro atoms. The molecule has 4 rings (SSSR count). The fraction of sp³-hybridized carbons (Fsp3) is 0.0500. The predicted molar refractivity (Wildman–Crippen MR) is 119 cm³/mol. The second-order valence-corrected chi connectivity index (χ2v) is 9.50. The zero-order valence-electron chi connectivity index (χ0n) is 15.4. The number of nitrogens with zero attached hydrogens (tertiary/aromatic N) is 2. The number of primary amides is 1. The first kappa shape index (κ1) is 19.2. The first-order chi connectivity index (χ1) is 13.8. The van der Waals surface area contributed by atoms with Crippen molar-refractivity contribution in [2.45, 2.75) is 11.4 Å². The summed E-state index contributed by atoms with van der Waals surface area (Å²) in [6.45, 7) is 0.625. The molecule has 0 saturated carbocycles. The summed E-state index contributed by atoms with van der Waals surface area (Å²) in [6.07, 6.45) is 0. The fourth-order valence-electron chi connectivity index (χ4n) is 2.99. The quantitative estimate of drug-likeness (QED) is 0.412. The lowest BCUT2D eigenvalue weighted by atomic mass is 10.2. The lowest BCUT2D eigenvalue weighted by Crippen LogP contribution is -2.11. The van der Waals surface area contributed by atoms with Crippen molar-refractivity contribution in [1.82, 2.24) is 9.55 Å². The van der Waals surface area contributed by atoms with Gasteiger partial charge in [0.15, 0.2) is 0 Å². The van der Waals surface area contributed by atoms with Gasteiger partial charge < -0.3 is 15.6 Å². The number of thiophene rings is 1. The number of nitrogens with one attached hydrogen (secondary N) is 1. The maximum absolute atomic E-state index is 11.9. The molecule has 4 aromatic rings. The van der Waals surface area contributed by atoms with E-state index in [-0.39, 0.29) is 0 Å². The van der Waals surface area contributed by atoms with Crippen molar-refractivity contribution in [3.8, 4) is 0 Å². The maximum atomic E-state index is 11.9. The number of nitrogens with two attached hydrogens (primary N) is 2. The van der Waals surface area contributed by atoms with Crippen molar-refractivity contribution in [2.75, 3.05) is 5.32 Å². The second kappa shape index (κ2) is 7.36.